The van der Waals surface area contributed by atoms with Crippen LogP contribution in [0.5, 0.6) is 0 Å². The maximum absolute atomic E-state index is 12.7. The van der Waals surface area contributed by atoms with Crippen molar-refractivity contribution in [2.24, 2.45) is 0 Å². The van der Waals surface area contributed by atoms with Gasteiger partial charge in [0.25, 0.3) is 0 Å². The van der Waals surface area contributed by atoms with Crippen LogP contribution < -0.4 is 10.2 Å². The van der Waals surface area contributed by atoms with Gasteiger partial charge in [0.2, 0.25) is 5.91 Å². The molecule has 1 saturated heterocycles. The van der Waals surface area contributed by atoms with Gasteiger partial charge in [-0.05, 0) is 48.9 Å². The summed E-state index contributed by atoms with van der Waals surface area (Å²) in [4.78, 5) is 18.9. The highest BCUT2D eigenvalue weighted by atomic mass is 35.5. The maximum Gasteiger partial charge on any atom is 0.249 e. The summed E-state index contributed by atoms with van der Waals surface area (Å²) in [6, 6.07) is 12.8. The summed E-state index contributed by atoms with van der Waals surface area (Å²) in [6.45, 7) is 2.69. The van der Waals surface area contributed by atoms with Crippen molar-refractivity contribution >= 4 is 40.0 Å². The molecule has 1 fully saturated rings. The van der Waals surface area contributed by atoms with E-state index >= 15 is 0 Å². The number of aromatic nitrogens is 1. The van der Waals surface area contributed by atoms with Crippen molar-refractivity contribution in [2.75, 3.05) is 16.8 Å². The summed E-state index contributed by atoms with van der Waals surface area (Å²) in [6.07, 6.45) is 1.51. The number of aryl methyl sites for hydroxylation is 1. The molecule has 6 heteroatoms. The highest BCUT2D eigenvalue weighted by molar-refractivity contribution is 6.30. The number of fused-ring (bicyclic) bond motifs is 1. The van der Waals surface area contributed by atoms with Gasteiger partial charge in [-0.3, -0.25) is 4.79 Å². The number of halogens is 1. The largest absolute Gasteiger partial charge is 0.441 e. The van der Waals surface area contributed by atoms with Gasteiger partial charge in [-0.15, -0.1) is 0 Å². The SMILES string of the molecule is CCc1nc2cc(NC3CCN(c4ccc(Cl)cc4)C3=O)ccc2o1. The fourth-order valence-corrected chi connectivity index (χ4v) is 3.23. The van der Waals surface area contributed by atoms with E-state index in [-0.39, 0.29) is 11.9 Å². The fraction of sp³-hybridized carbons (Fsp3) is 0.263. The molecule has 0 spiro atoms. The molecule has 1 aliphatic rings. The Kier molecular flexibility index (Phi) is 4.09. The van der Waals surface area contributed by atoms with Crippen LogP contribution in [-0.4, -0.2) is 23.5 Å². The zero-order valence-electron chi connectivity index (χ0n) is 13.8. The van der Waals surface area contributed by atoms with Crippen molar-refractivity contribution in [2.45, 2.75) is 25.8 Å². The topological polar surface area (TPSA) is 58.4 Å². The van der Waals surface area contributed by atoms with E-state index in [4.69, 9.17) is 16.0 Å². The van der Waals surface area contributed by atoms with Crippen LogP contribution in [0.2, 0.25) is 5.02 Å². The van der Waals surface area contributed by atoms with Crippen LogP contribution in [0.3, 0.4) is 0 Å². The van der Waals surface area contributed by atoms with E-state index in [0.29, 0.717) is 11.6 Å². The fourth-order valence-electron chi connectivity index (χ4n) is 3.11. The number of rotatable bonds is 4. The Labute approximate surface area is 150 Å². The summed E-state index contributed by atoms with van der Waals surface area (Å²) in [5.41, 5.74) is 3.32. The zero-order valence-corrected chi connectivity index (χ0v) is 14.6. The third-order valence-electron chi connectivity index (χ3n) is 4.42. The lowest BCUT2D eigenvalue weighted by Gasteiger charge is -2.17. The predicted octanol–water partition coefficient (Wildman–Crippen LogP) is 4.26. The summed E-state index contributed by atoms with van der Waals surface area (Å²) in [7, 11) is 0. The normalized spacial score (nSPS) is 17.4. The molecule has 0 radical (unpaired) electrons. The highest BCUT2D eigenvalue weighted by Gasteiger charge is 2.32. The maximum atomic E-state index is 12.7. The number of anilines is 2. The molecule has 5 nitrogen and oxygen atoms in total. The molecule has 3 aromatic rings. The first kappa shape index (κ1) is 16.0. The van der Waals surface area contributed by atoms with Gasteiger partial charge < -0.3 is 14.6 Å². The van der Waals surface area contributed by atoms with E-state index in [2.05, 4.69) is 10.3 Å². The van der Waals surface area contributed by atoms with Crippen molar-refractivity contribution in [3.63, 3.8) is 0 Å². The molecule has 1 amide bonds. The standard InChI is InChI=1S/C19H18ClN3O2/c1-2-18-22-16-11-13(5-8-17(16)25-18)21-15-9-10-23(19(15)24)14-6-3-12(20)4-7-14/h3-8,11,15,21H,2,9-10H2,1H3. The molecule has 1 N–H and O–H groups in total. The van der Waals surface area contributed by atoms with Crippen LogP contribution in [0.4, 0.5) is 11.4 Å². The van der Waals surface area contributed by atoms with Gasteiger partial charge >= 0.3 is 0 Å². The number of nitrogens with zero attached hydrogens (tertiary/aromatic N) is 2. The second kappa shape index (κ2) is 6.41. The number of amides is 1. The van der Waals surface area contributed by atoms with Crippen molar-refractivity contribution < 1.29 is 9.21 Å². The minimum atomic E-state index is -0.245. The van der Waals surface area contributed by atoms with Crippen LogP contribution in [-0.2, 0) is 11.2 Å². The Morgan fingerprint density at radius 3 is 2.84 bits per heavy atom. The molecule has 25 heavy (non-hydrogen) atoms. The van der Waals surface area contributed by atoms with Gasteiger partial charge in [-0.25, -0.2) is 4.98 Å². The van der Waals surface area contributed by atoms with E-state index in [0.717, 1.165) is 41.2 Å². The van der Waals surface area contributed by atoms with E-state index < -0.39 is 0 Å². The highest BCUT2D eigenvalue weighted by Crippen LogP contribution is 2.26. The molecule has 0 bridgehead atoms. The first-order valence-corrected chi connectivity index (χ1v) is 8.75. The number of nitrogens with one attached hydrogen (secondary N) is 1. The van der Waals surface area contributed by atoms with E-state index in [1.165, 1.54) is 0 Å². The van der Waals surface area contributed by atoms with Crippen molar-refractivity contribution in [3.05, 3.63) is 53.4 Å². The molecule has 0 aliphatic carbocycles. The van der Waals surface area contributed by atoms with Crippen molar-refractivity contribution in [1.29, 1.82) is 0 Å². The lowest BCUT2D eigenvalue weighted by atomic mass is 10.2. The zero-order chi connectivity index (χ0) is 17.4. The van der Waals surface area contributed by atoms with Gasteiger partial charge in [0.15, 0.2) is 11.5 Å². The second-order valence-corrected chi connectivity index (χ2v) is 6.53. The number of hydrogen-bond donors (Lipinski definition) is 1. The van der Waals surface area contributed by atoms with Gasteiger partial charge in [0.05, 0.1) is 0 Å². The van der Waals surface area contributed by atoms with Gasteiger partial charge in [0, 0.05) is 29.4 Å². The Bertz CT molecular complexity index is 920. The third kappa shape index (κ3) is 3.07. The van der Waals surface area contributed by atoms with E-state index in [1.807, 2.05) is 37.3 Å². The van der Waals surface area contributed by atoms with Crippen molar-refractivity contribution in [1.82, 2.24) is 4.98 Å². The lowest BCUT2D eigenvalue weighted by Crippen LogP contribution is -2.33. The van der Waals surface area contributed by atoms with Gasteiger partial charge in [-0.1, -0.05) is 18.5 Å². The smallest absolute Gasteiger partial charge is 0.249 e. The molecular weight excluding hydrogens is 338 g/mol. The predicted molar refractivity (Wildman–Crippen MR) is 99.2 cm³/mol. The summed E-state index contributed by atoms with van der Waals surface area (Å²) >= 11 is 5.92. The number of carbonyl (C=O) groups is 1. The van der Waals surface area contributed by atoms with Crippen LogP contribution >= 0.6 is 11.6 Å². The molecule has 2 aromatic carbocycles. The number of benzene rings is 2. The average molecular weight is 356 g/mol. The lowest BCUT2D eigenvalue weighted by molar-refractivity contribution is -0.117. The molecule has 2 heterocycles. The molecule has 0 saturated carbocycles. The quantitative estimate of drug-likeness (QED) is 0.759. The first-order valence-electron chi connectivity index (χ1n) is 8.37. The van der Waals surface area contributed by atoms with Crippen molar-refractivity contribution in [3.8, 4) is 0 Å². The average Bonchev–Trinajstić information content (AvgIpc) is 3.19. The second-order valence-electron chi connectivity index (χ2n) is 6.10. The van der Waals surface area contributed by atoms with Gasteiger partial charge in [-0.2, -0.15) is 0 Å². The molecule has 1 aromatic heterocycles. The Morgan fingerprint density at radius 2 is 2.08 bits per heavy atom. The molecular formula is C19H18ClN3O2. The Hall–Kier alpha value is -2.53. The molecule has 128 valence electrons. The van der Waals surface area contributed by atoms with Crippen LogP contribution in [0.1, 0.15) is 19.2 Å². The number of carbonyl (C=O) groups excluding carboxylic acids is 1. The molecule has 1 unspecified atom stereocenters. The molecule has 1 atom stereocenters. The number of oxazole rings is 1. The molecule has 1 aliphatic heterocycles. The number of hydrogen-bond acceptors (Lipinski definition) is 4. The summed E-state index contributed by atoms with van der Waals surface area (Å²) in [5, 5.41) is 3.99. The summed E-state index contributed by atoms with van der Waals surface area (Å²) < 4.78 is 5.62. The van der Waals surface area contributed by atoms with E-state index in [9.17, 15) is 4.79 Å². The summed E-state index contributed by atoms with van der Waals surface area (Å²) in [5.74, 6) is 0.787. The van der Waals surface area contributed by atoms with Crippen LogP contribution in [0, 0.1) is 0 Å². The van der Waals surface area contributed by atoms with E-state index in [1.54, 1.807) is 17.0 Å². The molecule has 4 rings (SSSR count). The first-order chi connectivity index (χ1) is 12.1. The minimum Gasteiger partial charge on any atom is -0.441 e. The third-order valence-corrected chi connectivity index (χ3v) is 4.67. The Morgan fingerprint density at radius 1 is 1.28 bits per heavy atom. The van der Waals surface area contributed by atoms with Crippen LogP contribution in [0.25, 0.3) is 11.1 Å². The van der Waals surface area contributed by atoms with Gasteiger partial charge in [0.1, 0.15) is 11.6 Å². The Balaban J connectivity index is 1.51. The monoisotopic (exact) mass is 355 g/mol. The van der Waals surface area contributed by atoms with Crippen LogP contribution in [0.15, 0.2) is 46.9 Å². The minimum absolute atomic E-state index is 0.0665.